The fourth-order valence-electron chi connectivity index (χ4n) is 3.60. The molecule has 0 fully saturated rings. The molecule has 2 aromatic carbocycles. The lowest BCUT2D eigenvalue weighted by molar-refractivity contribution is 0.424. The van der Waals surface area contributed by atoms with Crippen molar-refractivity contribution in [1.29, 1.82) is 0 Å². The van der Waals surface area contributed by atoms with Crippen LogP contribution in [0.1, 0.15) is 17.0 Å². The standard InChI is InChI=1S/C22H25N5O3S/c1-26-14-17(10-11-23)19-13-16(6-9-20(19)26)22-24-21(25-30-22)12-15-4-7-18(8-5-15)27(2)31(3,28)29/h4-9,13-14H,10-12,23H2,1-3H3. The Kier molecular flexibility index (Phi) is 5.55. The van der Waals surface area contributed by atoms with Crippen molar-refractivity contribution in [2.24, 2.45) is 12.8 Å². The number of hydrogen-bond acceptors (Lipinski definition) is 6. The quantitative estimate of drug-likeness (QED) is 0.474. The van der Waals surface area contributed by atoms with Gasteiger partial charge in [-0.3, -0.25) is 4.31 Å². The van der Waals surface area contributed by atoms with Gasteiger partial charge in [0.25, 0.3) is 5.89 Å². The van der Waals surface area contributed by atoms with E-state index in [0.29, 0.717) is 30.4 Å². The number of nitrogens with zero attached hydrogens (tertiary/aromatic N) is 4. The van der Waals surface area contributed by atoms with E-state index >= 15 is 0 Å². The van der Waals surface area contributed by atoms with E-state index < -0.39 is 10.0 Å². The Hall–Kier alpha value is -3.17. The Morgan fingerprint density at radius 2 is 1.90 bits per heavy atom. The molecule has 2 aromatic heterocycles. The lowest BCUT2D eigenvalue weighted by atomic mass is 10.1. The maximum Gasteiger partial charge on any atom is 0.257 e. The predicted molar refractivity (Wildman–Crippen MR) is 121 cm³/mol. The molecule has 0 atom stereocenters. The summed E-state index contributed by atoms with van der Waals surface area (Å²) in [7, 11) is 0.255. The summed E-state index contributed by atoms with van der Waals surface area (Å²) in [6.07, 6.45) is 4.57. The van der Waals surface area contributed by atoms with Crippen LogP contribution in [0.3, 0.4) is 0 Å². The van der Waals surface area contributed by atoms with Crippen LogP contribution in [0.5, 0.6) is 0 Å². The topological polar surface area (TPSA) is 107 Å². The van der Waals surface area contributed by atoms with Gasteiger partial charge in [-0.15, -0.1) is 0 Å². The highest BCUT2D eigenvalue weighted by atomic mass is 32.2. The molecule has 2 heterocycles. The smallest absolute Gasteiger partial charge is 0.257 e. The van der Waals surface area contributed by atoms with Crippen LogP contribution in [-0.4, -0.2) is 43.0 Å². The van der Waals surface area contributed by atoms with Crippen LogP contribution in [0.25, 0.3) is 22.4 Å². The number of benzene rings is 2. The third kappa shape index (κ3) is 4.33. The molecule has 0 aliphatic heterocycles. The maximum absolute atomic E-state index is 11.7. The first-order valence-corrected chi connectivity index (χ1v) is 11.7. The number of aryl methyl sites for hydroxylation is 1. The summed E-state index contributed by atoms with van der Waals surface area (Å²) in [5.41, 5.74) is 10.5. The molecule has 0 bridgehead atoms. The molecule has 0 aliphatic rings. The van der Waals surface area contributed by atoms with Gasteiger partial charge in [-0.25, -0.2) is 8.42 Å². The van der Waals surface area contributed by atoms with Crippen LogP contribution >= 0.6 is 0 Å². The molecular formula is C22H25N5O3S. The van der Waals surface area contributed by atoms with Crippen molar-refractivity contribution in [3.05, 3.63) is 65.6 Å². The fourth-order valence-corrected chi connectivity index (χ4v) is 4.11. The average molecular weight is 440 g/mol. The van der Waals surface area contributed by atoms with Crippen LogP contribution in [0.2, 0.25) is 0 Å². The Balaban J connectivity index is 1.55. The van der Waals surface area contributed by atoms with Crippen LogP contribution in [0, 0.1) is 0 Å². The van der Waals surface area contributed by atoms with Gasteiger partial charge >= 0.3 is 0 Å². The maximum atomic E-state index is 11.7. The molecule has 0 saturated carbocycles. The Labute approximate surface area is 181 Å². The normalized spacial score (nSPS) is 11.9. The number of rotatable bonds is 7. The molecule has 0 saturated heterocycles. The molecule has 0 spiro atoms. The monoisotopic (exact) mass is 439 g/mol. The average Bonchev–Trinajstić information content (AvgIpc) is 3.32. The number of anilines is 1. The lowest BCUT2D eigenvalue weighted by Crippen LogP contribution is -2.24. The number of hydrogen-bond donors (Lipinski definition) is 1. The van der Waals surface area contributed by atoms with Gasteiger partial charge in [0.15, 0.2) is 5.82 Å². The van der Waals surface area contributed by atoms with E-state index in [2.05, 4.69) is 27.0 Å². The summed E-state index contributed by atoms with van der Waals surface area (Å²) in [6.45, 7) is 0.590. The van der Waals surface area contributed by atoms with Crippen molar-refractivity contribution in [1.82, 2.24) is 14.7 Å². The summed E-state index contributed by atoms with van der Waals surface area (Å²) >= 11 is 0. The first-order valence-electron chi connectivity index (χ1n) is 9.90. The zero-order valence-electron chi connectivity index (χ0n) is 17.7. The molecule has 0 unspecified atom stereocenters. The van der Waals surface area contributed by atoms with Crippen molar-refractivity contribution in [3.8, 4) is 11.5 Å². The van der Waals surface area contributed by atoms with E-state index in [1.165, 1.54) is 23.2 Å². The highest BCUT2D eigenvalue weighted by molar-refractivity contribution is 7.92. The minimum atomic E-state index is -3.29. The summed E-state index contributed by atoms with van der Waals surface area (Å²) < 4.78 is 32.2. The molecule has 8 nitrogen and oxygen atoms in total. The third-order valence-electron chi connectivity index (χ3n) is 5.36. The second-order valence-corrected chi connectivity index (χ2v) is 9.64. The van der Waals surface area contributed by atoms with Gasteiger partial charge in [0, 0.05) is 43.2 Å². The van der Waals surface area contributed by atoms with Gasteiger partial charge in [-0.1, -0.05) is 17.3 Å². The largest absolute Gasteiger partial charge is 0.350 e. The number of fused-ring (bicyclic) bond motifs is 1. The minimum Gasteiger partial charge on any atom is -0.350 e. The molecule has 0 radical (unpaired) electrons. The van der Waals surface area contributed by atoms with Crippen LogP contribution in [0.15, 0.2) is 53.2 Å². The minimum absolute atomic E-state index is 0.466. The van der Waals surface area contributed by atoms with Gasteiger partial charge in [0.2, 0.25) is 10.0 Å². The van der Waals surface area contributed by atoms with Crippen molar-refractivity contribution < 1.29 is 12.9 Å². The second kappa shape index (κ2) is 8.16. The van der Waals surface area contributed by atoms with E-state index in [9.17, 15) is 8.42 Å². The third-order valence-corrected chi connectivity index (χ3v) is 6.57. The van der Waals surface area contributed by atoms with Crippen LogP contribution in [-0.2, 0) is 29.9 Å². The highest BCUT2D eigenvalue weighted by Crippen LogP contribution is 2.27. The van der Waals surface area contributed by atoms with E-state index in [1.54, 1.807) is 12.1 Å². The summed E-state index contributed by atoms with van der Waals surface area (Å²) in [6, 6.07) is 13.3. The molecule has 4 rings (SSSR count). The summed E-state index contributed by atoms with van der Waals surface area (Å²) in [5.74, 6) is 1.03. The Morgan fingerprint density at radius 3 is 2.58 bits per heavy atom. The lowest BCUT2D eigenvalue weighted by Gasteiger charge is -2.16. The zero-order chi connectivity index (χ0) is 22.2. The van der Waals surface area contributed by atoms with E-state index in [-0.39, 0.29) is 0 Å². The van der Waals surface area contributed by atoms with E-state index in [0.717, 1.165) is 28.5 Å². The van der Waals surface area contributed by atoms with Gasteiger partial charge in [-0.2, -0.15) is 4.98 Å². The SMILES string of the molecule is CN(c1ccc(Cc2noc(-c3ccc4c(c3)c(CCN)cn4C)n2)cc1)S(C)(=O)=O. The van der Waals surface area contributed by atoms with E-state index in [1.807, 2.05) is 31.3 Å². The van der Waals surface area contributed by atoms with Gasteiger partial charge in [0.1, 0.15) is 0 Å². The summed E-state index contributed by atoms with van der Waals surface area (Å²) in [4.78, 5) is 4.55. The van der Waals surface area contributed by atoms with Gasteiger partial charge in [0.05, 0.1) is 11.9 Å². The van der Waals surface area contributed by atoms with Crippen molar-refractivity contribution in [2.45, 2.75) is 12.8 Å². The predicted octanol–water partition coefficient (Wildman–Crippen LogP) is 2.72. The number of sulfonamides is 1. The van der Waals surface area contributed by atoms with E-state index in [4.69, 9.17) is 10.3 Å². The van der Waals surface area contributed by atoms with Crippen molar-refractivity contribution >= 4 is 26.6 Å². The molecule has 9 heteroatoms. The molecule has 2 N–H and O–H groups in total. The van der Waals surface area contributed by atoms with Crippen molar-refractivity contribution in [2.75, 3.05) is 24.2 Å². The van der Waals surface area contributed by atoms with Crippen LogP contribution in [0.4, 0.5) is 5.69 Å². The Morgan fingerprint density at radius 1 is 1.16 bits per heavy atom. The molecule has 31 heavy (non-hydrogen) atoms. The fraction of sp³-hybridized carbons (Fsp3) is 0.273. The second-order valence-electron chi connectivity index (χ2n) is 7.63. The molecule has 162 valence electrons. The molecule has 0 amide bonds. The van der Waals surface area contributed by atoms with Crippen LogP contribution < -0.4 is 10.0 Å². The van der Waals surface area contributed by atoms with Gasteiger partial charge < -0.3 is 14.8 Å². The molecule has 0 aliphatic carbocycles. The zero-order valence-corrected chi connectivity index (χ0v) is 18.6. The number of aromatic nitrogens is 3. The Bertz CT molecular complexity index is 1320. The van der Waals surface area contributed by atoms with Gasteiger partial charge in [-0.05, 0) is 54.4 Å². The first-order chi connectivity index (χ1) is 14.8. The molecular weight excluding hydrogens is 414 g/mol. The van der Waals surface area contributed by atoms with Crippen molar-refractivity contribution in [3.63, 3.8) is 0 Å². The molecule has 4 aromatic rings. The first kappa shape index (κ1) is 21.1. The summed E-state index contributed by atoms with van der Waals surface area (Å²) in [5, 5.41) is 5.25. The highest BCUT2D eigenvalue weighted by Gasteiger charge is 2.14. The number of nitrogens with two attached hydrogens (primary N) is 1.